The first kappa shape index (κ1) is 21.3. The molecule has 1 amide bonds. The minimum atomic E-state index is -1.19. The van der Waals surface area contributed by atoms with Gasteiger partial charge in [0.2, 0.25) is 6.10 Å². The van der Waals surface area contributed by atoms with Crippen molar-refractivity contribution in [1.29, 1.82) is 0 Å². The van der Waals surface area contributed by atoms with E-state index in [1.807, 2.05) is 30.3 Å². The van der Waals surface area contributed by atoms with E-state index in [9.17, 15) is 9.59 Å². The highest BCUT2D eigenvalue weighted by molar-refractivity contribution is 6.05. The Kier molecular flexibility index (Phi) is 5.70. The third-order valence-corrected chi connectivity index (χ3v) is 5.17. The number of esters is 1. The molecule has 3 aromatic carbocycles. The van der Waals surface area contributed by atoms with Crippen LogP contribution in [0.4, 0.5) is 5.82 Å². The number of anilines is 1. The average Bonchev–Trinajstić information content (AvgIpc) is 3.44. The number of hydrogen-bond acceptors (Lipinski definition) is 7. The molecule has 8 heteroatoms. The van der Waals surface area contributed by atoms with Crippen LogP contribution < -0.4 is 10.1 Å². The number of carbonyl (C=O) groups is 2. The van der Waals surface area contributed by atoms with Crippen molar-refractivity contribution in [2.75, 3.05) is 11.9 Å². The molecule has 0 bridgehead atoms. The molecule has 1 N–H and O–H groups in total. The van der Waals surface area contributed by atoms with Gasteiger partial charge in [0.05, 0.1) is 0 Å². The number of carbonyl (C=O) groups excluding carboxylic acids is 2. The van der Waals surface area contributed by atoms with Gasteiger partial charge in [0.1, 0.15) is 22.7 Å². The molecular weight excluding hydrogens is 436 g/mol. The molecule has 0 saturated carbocycles. The number of nitrogens with zero attached hydrogens (tertiary/aromatic N) is 1. The van der Waals surface area contributed by atoms with E-state index >= 15 is 0 Å². The molecule has 0 aliphatic carbocycles. The van der Waals surface area contributed by atoms with Crippen LogP contribution in [-0.4, -0.2) is 23.6 Å². The maximum Gasteiger partial charge on any atom is 0.345 e. The van der Waals surface area contributed by atoms with Crippen LogP contribution in [0, 0.1) is 6.92 Å². The average molecular weight is 456 g/mol. The summed E-state index contributed by atoms with van der Waals surface area (Å²) < 4.78 is 21.9. The number of rotatable bonds is 7. The van der Waals surface area contributed by atoms with E-state index in [0.29, 0.717) is 17.1 Å². The topological polar surface area (TPSA) is 104 Å². The number of furan rings is 1. The highest BCUT2D eigenvalue weighted by Gasteiger charge is 2.26. The zero-order chi connectivity index (χ0) is 23.5. The Labute approximate surface area is 194 Å². The van der Waals surface area contributed by atoms with Crippen LogP contribution in [0.3, 0.4) is 0 Å². The van der Waals surface area contributed by atoms with Gasteiger partial charge in [-0.2, -0.15) is 0 Å². The molecule has 2 heterocycles. The van der Waals surface area contributed by atoms with Crippen LogP contribution in [-0.2, 0) is 14.3 Å². The predicted molar refractivity (Wildman–Crippen MR) is 124 cm³/mol. The summed E-state index contributed by atoms with van der Waals surface area (Å²) in [6.45, 7) is 1.33. The molecular formula is C26H20N2O6. The molecule has 8 nitrogen and oxygen atoms in total. The first-order chi connectivity index (χ1) is 16.6. The Morgan fingerprint density at radius 1 is 0.941 bits per heavy atom. The van der Waals surface area contributed by atoms with Crippen molar-refractivity contribution in [2.45, 2.75) is 13.0 Å². The zero-order valence-corrected chi connectivity index (χ0v) is 18.2. The minimum Gasteiger partial charge on any atom is -0.482 e. The van der Waals surface area contributed by atoms with Crippen molar-refractivity contribution < 1.29 is 28.0 Å². The Hall–Kier alpha value is -4.59. The van der Waals surface area contributed by atoms with Crippen LogP contribution in [0.1, 0.15) is 17.4 Å². The minimum absolute atomic E-state index is 0.233. The molecule has 0 aliphatic heterocycles. The summed E-state index contributed by atoms with van der Waals surface area (Å²) in [6, 6.07) is 23.3. The van der Waals surface area contributed by atoms with Crippen LogP contribution in [0.2, 0.25) is 0 Å². The number of aryl methyl sites for hydroxylation is 1. The summed E-state index contributed by atoms with van der Waals surface area (Å²) in [5.74, 6) is 0.00195. The van der Waals surface area contributed by atoms with Crippen LogP contribution >= 0.6 is 0 Å². The number of fused-ring (bicyclic) bond motifs is 3. The van der Waals surface area contributed by atoms with Gasteiger partial charge in [-0.15, -0.1) is 0 Å². The van der Waals surface area contributed by atoms with E-state index < -0.39 is 18.0 Å². The number of para-hydroxylation sites is 1. The summed E-state index contributed by atoms with van der Waals surface area (Å²) in [4.78, 5) is 25.5. The van der Waals surface area contributed by atoms with Gasteiger partial charge in [-0.25, -0.2) is 4.79 Å². The van der Waals surface area contributed by atoms with Gasteiger partial charge < -0.3 is 23.7 Å². The number of nitrogens with one attached hydrogen (secondary N) is 1. The van der Waals surface area contributed by atoms with Gasteiger partial charge in [-0.1, -0.05) is 53.7 Å². The second-order valence-corrected chi connectivity index (χ2v) is 7.64. The standard InChI is InChI=1S/C26H20N2O6/c1-16-13-23(28-34-16)27-26(30)25(17-7-3-2-4-8-17)33-24(29)15-31-18-11-12-22-20(14-18)19-9-5-6-10-21(19)32-22/h2-14,25H,15H2,1H3,(H,27,28,30). The first-order valence-electron chi connectivity index (χ1n) is 10.6. The molecule has 1 atom stereocenters. The largest absolute Gasteiger partial charge is 0.482 e. The quantitative estimate of drug-likeness (QED) is 0.336. The highest BCUT2D eigenvalue weighted by atomic mass is 16.6. The van der Waals surface area contributed by atoms with Gasteiger partial charge in [0.25, 0.3) is 5.91 Å². The molecule has 2 aromatic heterocycles. The molecule has 5 aromatic rings. The van der Waals surface area contributed by atoms with Crippen molar-refractivity contribution in [3.05, 3.63) is 90.2 Å². The molecule has 0 aliphatic rings. The lowest BCUT2D eigenvalue weighted by molar-refractivity contribution is -0.156. The molecule has 0 fully saturated rings. The van der Waals surface area contributed by atoms with Crippen LogP contribution in [0.5, 0.6) is 5.75 Å². The Balaban J connectivity index is 1.29. The molecule has 0 spiro atoms. The molecule has 170 valence electrons. The maximum atomic E-state index is 12.9. The third-order valence-electron chi connectivity index (χ3n) is 5.17. The fourth-order valence-corrected chi connectivity index (χ4v) is 3.62. The normalized spacial score (nSPS) is 11.9. The van der Waals surface area contributed by atoms with Gasteiger partial charge in [-0.3, -0.25) is 4.79 Å². The smallest absolute Gasteiger partial charge is 0.345 e. The van der Waals surface area contributed by atoms with Crippen molar-refractivity contribution in [3.63, 3.8) is 0 Å². The summed E-state index contributed by atoms with van der Waals surface area (Å²) in [6.07, 6.45) is -1.19. The fraction of sp³-hybridized carbons (Fsp3) is 0.115. The van der Waals surface area contributed by atoms with Crippen molar-refractivity contribution in [1.82, 2.24) is 5.16 Å². The van der Waals surface area contributed by atoms with Crippen molar-refractivity contribution in [2.24, 2.45) is 0 Å². The number of ether oxygens (including phenoxy) is 2. The highest BCUT2D eigenvalue weighted by Crippen LogP contribution is 2.31. The second-order valence-electron chi connectivity index (χ2n) is 7.64. The van der Waals surface area contributed by atoms with E-state index in [-0.39, 0.29) is 12.4 Å². The first-order valence-corrected chi connectivity index (χ1v) is 10.6. The number of hydrogen-bond donors (Lipinski definition) is 1. The lowest BCUT2D eigenvalue weighted by Crippen LogP contribution is -2.28. The Morgan fingerprint density at radius 3 is 2.50 bits per heavy atom. The molecule has 5 rings (SSSR count). The SMILES string of the molecule is Cc1cc(NC(=O)C(OC(=O)COc2ccc3oc4ccccc4c3c2)c2ccccc2)no1. The molecule has 34 heavy (non-hydrogen) atoms. The second kappa shape index (κ2) is 9.11. The van der Waals surface area contributed by atoms with Crippen LogP contribution in [0.15, 0.2) is 87.8 Å². The van der Waals surface area contributed by atoms with Gasteiger partial charge in [0.15, 0.2) is 12.4 Å². The van der Waals surface area contributed by atoms with Crippen molar-refractivity contribution in [3.8, 4) is 5.75 Å². The lowest BCUT2D eigenvalue weighted by Gasteiger charge is -2.17. The van der Waals surface area contributed by atoms with E-state index in [1.165, 1.54) is 0 Å². The van der Waals surface area contributed by atoms with Crippen molar-refractivity contribution >= 4 is 39.6 Å². The maximum absolute atomic E-state index is 12.9. The third kappa shape index (κ3) is 4.47. The monoisotopic (exact) mass is 456 g/mol. The Morgan fingerprint density at radius 2 is 1.71 bits per heavy atom. The fourth-order valence-electron chi connectivity index (χ4n) is 3.62. The summed E-state index contributed by atoms with van der Waals surface area (Å²) in [7, 11) is 0. The van der Waals surface area contributed by atoms with Crippen LogP contribution in [0.25, 0.3) is 21.9 Å². The zero-order valence-electron chi connectivity index (χ0n) is 18.2. The van der Waals surface area contributed by atoms with E-state index in [4.69, 9.17) is 18.4 Å². The number of amides is 1. The van der Waals surface area contributed by atoms with E-state index in [0.717, 1.165) is 21.9 Å². The molecule has 0 saturated heterocycles. The summed E-state index contributed by atoms with van der Waals surface area (Å²) in [5.41, 5.74) is 2.01. The van der Waals surface area contributed by atoms with Gasteiger partial charge >= 0.3 is 5.97 Å². The Bertz CT molecular complexity index is 1470. The van der Waals surface area contributed by atoms with E-state index in [1.54, 1.807) is 55.5 Å². The predicted octanol–water partition coefficient (Wildman–Crippen LogP) is 5.18. The molecule has 0 radical (unpaired) electrons. The molecule has 1 unspecified atom stereocenters. The number of benzene rings is 3. The number of aromatic nitrogens is 1. The lowest BCUT2D eigenvalue weighted by atomic mass is 10.1. The van der Waals surface area contributed by atoms with Gasteiger partial charge in [0, 0.05) is 22.4 Å². The summed E-state index contributed by atoms with van der Waals surface area (Å²) in [5, 5.41) is 8.19. The van der Waals surface area contributed by atoms with E-state index in [2.05, 4.69) is 10.5 Å². The summed E-state index contributed by atoms with van der Waals surface area (Å²) >= 11 is 0. The van der Waals surface area contributed by atoms with Gasteiger partial charge in [-0.05, 0) is 31.2 Å².